The summed E-state index contributed by atoms with van der Waals surface area (Å²) in [5.41, 5.74) is 6.52. The first kappa shape index (κ1) is 15.6. The minimum Gasteiger partial charge on any atom is -0.478 e. The summed E-state index contributed by atoms with van der Waals surface area (Å²) >= 11 is 0. The van der Waals surface area contributed by atoms with Crippen molar-refractivity contribution in [3.8, 4) is 0 Å². The zero-order valence-electron chi connectivity index (χ0n) is 13.0. The Morgan fingerprint density at radius 3 is 1.71 bits per heavy atom. The molecular formula is C21H17NO2. The molecule has 0 bridgehead atoms. The van der Waals surface area contributed by atoms with Crippen LogP contribution in [0.15, 0.2) is 84.9 Å². The number of nitrogens with two attached hydrogens (primary N) is 1. The van der Waals surface area contributed by atoms with Gasteiger partial charge >= 0.3 is 5.97 Å². The van der Waals surface area contributed by atoms with Gasteiger partial charge in [-0.2, -0.15) is 0 Å². The van der Waals surface area contributed by atoms with Crippen LogP contribution in [0.5, 0.6) is 0 Å². The van der Waals surface area contributed by atoms with Crippen molar-refractivity contribution in [2.75, 3.05) is 5.73 Å². The van der Waals surface area contributed by atoms with Crippen LogP contribution < -0.4 is 5.73 Å². The van der Waals surface area contributed by atoms with Gasteiger partial charge in [0, 0.05) is 5.69 Å². The third-order valence-corrected chi connectivity index (χ3v) is 3.77. The third-order valence-electron chi connectivity index (χ3n) is 3.77. The SMILES string of the molecule is Nc1ccc2ccc(C(=O)O)cc2c1.c1ccc2ccccc2c1. The van der Waals surface area contributed by atoms with Gasteiger partial charge in [0.2, 0.25) is 0 Å². The van der Waals surface area contributed by atoms with Crippen LogP contribution in [-0.4, -0.2) is 11.1 Å². The maximum Gasteiger partial charge on any atom is 0.335 e. The molecule has 0 fully saturated rings. The van der Waals surface area contributed by atoms with E-state index in [1.165, 1.54) is 10.8 Å². The van der Waals surface area contributed by atoms with Crippen molar-refractivity contribution in [3.63, 3.8) is 0 Å². The standard InChI is InChI=1S/C11H9NO2.C10H8/c12-10-4-3-7-1-2-8(11(13)14)5-9(7)6-10;1-2-6-10-8-4-3-7-9(10)5-1/h1-6H,12H2,(H,13,14);1-8H. The van der Waals surface area contributed by atoms with Crippen LogP contribution in [-0.2, 0) is 0 Å². The van der Waals surface area contributed by atoms with Crippen molar-refractivity contribution in [1.29, 1.82) is 0 Å². The molecular weight excluding hydrogens is 298 g/mol. The Balaban J connectivity index is 0.000000149. The van der Waals surface area contributed by atoms with E-state index in [0.717, 1.165) is 10.8 Å². The van der Waals surface area contributed by atoms with Crippen LogP contribution in [0, 0.1) is 0 Å². The lowest BCUT2D eigenvalue weighted by Crippen LogP contribution is -1.95. The number of carboxylic acids is 1. The number of fused-ring (bicyclic) bond motifs is 2. The van der Waals surface area contributed by atoms with Crippen LogP contribution in [0.3, 0.4) is 0 Å². The van der Waals surface area contributed by atoms with Crippen LogP contribution >= 0.6 is 0 Å². The molecule has 0 aliphatic rings. The Morgan fingerprint density at radius 1 is 0.667 bits per heavy atom. The second-order valence-corrected chi connectivity index (χ2v) is 5.47. The van der Waals surface area contributed by atoms with Gasteiger partial charge < -0.3 is 10.8 Å². The zero-order chi connectivity index (χ0) is 16.9. The summed E-state index contributed by atoms with van der Waals surface area (Å²) in [6.45, 7) is 0. The lowest BCUT2D eigenvalue weighted by molar-refractivity contribution is 0.0697. The fourth-order valence-corrected chi connectivity index (χ4v) is 2.53. The molecule has 3 N–H and O–H groups in total. The van der Waals surface area contributed by atoms with Gasteiger partial charge in [-0.15, -0.1) is 0 Å². The van der Waals surface area contributed by atoms with Crippen LogP contribution in [0.1, 0.15) is 10.4 Å². The lowest BCUT2D eigenvalue weighted by Gasteiger charge is -2.00. The highest BCUT2D eigenvalue weighted by Gasteiger charge is 2.03. The summed E-state index contributed by atoms with van der Waals surface area (Å²) in [6.07, 6.45) is 0. The predicted molar refractivity (Wildman–Crippen MR) is 99.3 cm³/mol. The molecule has 0 amide bonds. The van der Waals surface area contributed by atoms with Crippen molar-refractivity contribution < 1.29 is 9.90 Å². The normalized spacial score (nSPS) is 10.2. The van der Waals surface area contributed by atoms with E-state index in [0.29, 0.717) is 5.69 Å². The summed E-state index contributed by atoms with van der Waals surface area (Å²) < 4.78 is 0. The molecule has 0 aliphatic carbocycles. The van der Waals surface area contributed by atoms with Crippen molar-refractivity contribution in [3.05, 3.63) is 90.5 Å². The first-order chi connectivity index (χ1) is 11.6. The molecule has 4 aromatic carbocycles. The van der Waals surface area contributed by atoms with Gasteiger partial charge in [-0.1, -0.05) is 60.7 Å². The molecule has 3 nitrogen and oxygen atoms in total. The first-order valence-electron chi connectivity index (χ1n) is 7.60. The van der Waals surface area contributed by atoms with Crippen molar-refractivity contribution in [2.24, 2.45) is 0 Å². The number of carbonyl (C=O) groups is 1. The van der Waals surface area contributed by atoms with Crippen molar-refractivity contribution >= 4 is 33.2 Å². The van der Waals surface area contributed by atoms with E-state index < -0.39 is 5.97 Å². The maximum atomic E-state index is 10.7. The molecule has 0 aliphatic heterocycles. The molecule has 0 saturated heterocycles. The lowest BCUT2D eigenvalue weighted by atomic mass is 10.1. The predicted octanol–water partition coefficient (Wildman–Crippen LogP) is 4.96. The van der Waals surface area contributed by atoms with E-state index in [1.54, 1.807) is 30.3 Å². The van der Waals surface area contributed by atoms with Crippen molar-refractivity contribution in [2.45, 2.75) is 0 Å². The third kappa shape index (κ3) is 3.52. The van der Waals surface area contributed by atoms with E-state index in [4.69, 9.17) is 10.8 Å². The fourth-order valence-electron chi connectivity index (χ4n) is 2.53. The van der Waals surface area contributed by atoms with E-state index in [2.05, 4.69) is 48.5 Å². The Morgan fingerprint density at radius 2 is 1.17 bits per heavy atom. The van der Waals surface area contributed by atoms with Gasteiger partial charge in [-0.3, -0.25) is 0 Å². The highest BCUT2D eigenvalue weighted by atomic mass is 16.4. The van der Waals surface area contributed by atoms with Gasteiger partial charge in [-0.05, 0) is 45.8 Å². The Hall–Kier alpha value is -3.33. The molecule has 0 saturated carbocycles. The number of benzene rings is 4. The largest absolute Gasteiger partial charge is 0.478 e. The number of carboxylic acid groups (broad SMARTS) is 1. The molecule has 0 unspecified atom stereocenters. The second-order valence-electron chi connectivity index (χ2n) is 5.47. The summed E-state index contributed by atoms with van der Waals surface area (Å²) in [4.78, 5) is 10.7. The minimum atomic E-state index is -0.922. The average molecular weight is 315 g/mol. The maximum absolute atomic E-state index is 10.7. The van der Waals surface area contributed by atoms with Gasteiger partial charge in [0.05, 0.1) is 5.56 Å². The van der Waals surface area contributed by atoms with Gasteiger partial charge in [0.15, 0.2) is 0 Å². The van der Waals surface area contributed by atoms with E-state index >= 15 is 0 Å². The topological polar surface area (TPSA) is 63.3 Å². The van der Waals surface area contributed by atoms with Crippen LogP contribution in [0.2, 0.25) is 0 Å². The molecule has 0 atom stereocenters. The van der Waals surface area contributed by atoms with Crippen LogP contribution in [0.4, 0.5) is 5.69 Å². The molecule has 3 heteroatoms. The summed E-state index contributed by atoms with van der Waals surface area (Å²) in [7, 11) is 0. The Bertz CT molecular complexity index is 943. The summed E-state index contributed by atoms with van der Waals surface area (Å²) in [5, 5.41) is 13.2. The number of nitrogen functional groups attached to an aromatic ring is 1. The number of rotatable bonds is 1. The average Bonchev–Trinajstić information content (AvgIpc) is 2.61. The monoisotopic (exact) mass is 315 g/mol. The number of hydrogen-bond acceptors (Lipinski definition) is 2. The van der Waals surface area contributed by atoms with E-state index in [1.807, 2.05) is 6.07 Å². The Kier molecular flexibility index (Phi) is 4.43. The number of anilines is 1. The summed E-state index contributed by atoms with van der Waals surface area (Å²) in [6, 6.07) is 27.1. The van der Waals surface area contributed by atoms with E-state index in [-0.39, 0.29) is 5.56 Å². The van der Waals surface area contributed by atoms with Crippen molar-refractivity contribution in [1.82, 2.24) is 0 Å². The minimum absolute atomic E-state index is 0.281. The summed E-state index contributed by atoms with van der Waals surface area (Å²) in [5.74, 6) is -0.922. The number of hydrogen-bond donors (Lipinski definition) is 2. The quantitative estimate of drug-likeness (QED) is 0.488. The van der Waals surface area contributed by atoms with Gasteiger partial charge in [0.25, 0.3) is 0 Å². The molecule has 24 heavy (non-hydrogen) atoms. The molecule has 0 spiro atoms. The van der Waals surface area contributed by atoms with E-state index in [9.17, 15) is 4.79 Å². The van der Waals surface area contributed by atoms with Crippen LogP contribution in [0.25, 0.3) is 21.5 Å². The molecule has 0 aromatic heterocycles. The highest BCUT2D eigenvalue weighted by molar-refractivity contribution is 5.95. The van der Waals surface area contributed by atoms with Gasteiger partial charge in [0.1, 0.15) is 0 Å². The fraction of sp³-hybridized carbons (Fsp3) is 0. The second kappa shape index (κ2) is 6.84. The Labute approximate surface area is 140 Å². The zero-order valence-corrected chi connectivity index (χ0v) is 13.0. The molecule has 0 heterocycles. The smallest absolute Gasteiger partial charge is 0.335 e. The molecule has 118 valence electrons. The number of aromatic carboxylic acids is 1. The molecule has 4 rings (SSSR count). The molecule has 4 aromatic rings. The highest BCUT2D eigenvalue weighted by Crippen LogP contribution is 2.18. The van der Waals surface area contributed by atoms with Gasteiger partial charge in [-0.25, -0.2) is 4.79 Å². The molecule has 0 radical (unpaired) electrons. The first-order valence-corrected chi connectivity index (χ1v) is 7.60.